The van der Waals surface area contributed by atoms with Crippen LogP contribution in [0.3, 0.4) is 0 Å². The predicted molar refractivity (Wildman–Crippen MR) is 68.1 cm³/mol. The minimum absolute atomic E-state index is 0.350. The van der Waals surface area contributed by atoms with Crippen LogP contribution in [0, 0.1) is 5.82 Å². The third-order valence-electron chi connectivity index (χ3n) is 2.67. The smallest absolute Gasteiger partial charge is 0.123 e. The van der Waals surface area contributed by atoms with Crippen LogP contribution in [0.2, 0.25) is 0 Å². The molecule has 2 rings (SSSR count). The highest BCUT2D eigenvalue weighted by Gasteiger charge is 2.10. The van der Waals surface area contributed by atoms with Gasteiger partial charge in [-0.25, -0.2) is 4.39 Å². The summed E-state index contributed by atoms with van der Waals surface area (Å²) in [5.41, 5.74) is 1.25. The Bertz CT molecular complexity index is 508. The van der Waals surface area contributed by atoms with E-state index in [1.165, 1.54) is 12.1 Å². The van der Waals surface area contributed by atoms with Crippen molar-refractivity contribution < 1.29 is 14.2 Å². The van der Waals surface area contributed by atoms with Crippen molar-refractivity contribution in [2.45, 2.75) is 13.0 Å². The highest BCUT2D eigenvalue weighted by Crippen LogP contribution is 2.24. The maximum atomic E-state index is 13.1. The van der Waals surface area contributed by atoms with Gasteiger partial charge in [-0.2, -0.15) is 0 Å². The van der Waals surface area contributed by atoms with Crippen molar-refractivity contribution >= 4 is 0 Å². The Morgan fingerprint density at radius 3 is 2.44 bits per heavy atom. The molecule has 0 aliphatic rings. The van der Waals surface area contributed by atoms with Gasteiger partial charge in [-0.15, -0.1) is 0 Å². The van der Waals surface area contributed by atoms with Gasteiger partial charge in [0.2, 0.25) is 0 Å². The fraction of sp³-hybridized carbons (Fsp3) is 0.200. The molecule has 0 saturated carbocycles. The fourth-order valence-corrected chi connectivity index (χ4v) is 1.78. The number of halogens is 1. The zero-order valence-electron chi connectivity index (χ0n) is 10.1. The van der Waals surface area contributed by atoms with Gasteiger partial charge >= 0.3 is 0 Å². The molecule has 2 aromatic rings. The predicted octanol–water partition coefficient (Wildman–Crippen LogP) is 3.31. The summed E-state index contributed by atoms with van der Waals surface area (Å²) in [4.78, 5) is 0. The van der Waals surface area contributed by atoms with Crippen molar-refractivity contribution in [3.05, 3.63) is 65.5 Å². The molecule has 2 aromatic carbocycles. The van der Waals surface area contributed by atoms with Crippen LogP contribution in [0.4, 0.5) is 4.39 Å². The van der Waals surface area contributed by atoms with Crippen molar-refractivity contribution in [2.75, 3.05) is 6.61 Å². The zero-order chi connectivity index (χ0) is 13.0. The number of aliphatic hydroxyl groups is 1. The molecular formula is C15H15FO2. The minimum atomic E-state index is -0.823. The van der Waals surface area contributed by atoms with Gasteiger partial charge in [0, 0.05) is 0 Å². The molecule has 0 bridgehead atoms. The lowest BCUT2D eigenvalue weighted by Gasteiger charge is -2.12. The second-order valence-electron chi connectivity index (χ2n) is 3.96. The molecule has 0 radical (unpaired) electrons. The average Bonchev–Trinajstić information content (AvgIpc) is 2.39. The quantitative estimate of drug-likeness (QED) is 0.896. The standard InChI is InChI=1S/C15H15FO2/c1-2-18-14-8-6-11(7-9-14)15(17)12-4-3-5-13(16)10-12/h3-10,15,17H,2H2,1H3/t15-/m0/s1. The molecule has 2 nitrogen and oxygen atoms in total. The summed E-state index contributed by atoms with van der Waals surface area (Å²) in [5, 5.41) is 10.1. The minimum Gasteiger partial charge on any atom is -0.494 e. The summed E-state index contributed by atoms with van der Waals surface area (Å²) in [6, 6.07) is 13.1. The van der Waals surface area contributed by atoms with E-state index >= 15 is 0 Å². The lowest BCUT2D eigenvalue weighted by molar-refractivity contribution is 0.219. The summed E-state index contributed by atoms with van der Waals surface area (Å²) in [5.74, 6) is 0.408. The molecule has 3 heteroatoms. The Labute approximate surface area is 106 Å². The first-order valence-corrected chi connectivity index (χ1v) is 5.87. The molecule has 1 N–H and O–H groups in total. The Balaban J connectivity index is 2.20. The van der Waals surface area contributed by atoms with E-state index in [2.05, 4.69) is 0 Å². The molecule has 1 atom stereocenters. The molecular weight excluding hydrogens is 231 g/mol. The van der Waals surface area contributed by atoms with E-state index in [0.29, 0.717) is 17.7 Å². The van der Waals surface area contributed by atoms with Crippen molar-refractivity contribution in [3.63, 3.8) is 0 Å². The van der Waals surface area contributed by atoms with Gasteiger partial charge in [-0.05, 0) is 42.3 Å². The first kappa shape index (κ1) is 12.6. The summed E-state index contributed by atoms with van der Waals surface area (Å²) < 4.78 is 18.4. The summed E-state index contributed by atoms with van der Waals surface area (Å²) in [7, 11) is 0. The molecule has 0 fully saturated rings. The molecule has 94 valence electrons. The van der Waals surface area contributed by atoms with Gasteiger partial charge in [0.1, 0.15) is 17.7 Å². The lowest BCUT2D eigenvalue weighted by atomic mass is 10.0. The van der Waals surface area contributed by atoms with E-state index in [4.69, 9.17) is 4.74 Å². The number of benzene rings is 2. The SMILES string of the molecule is CCOc1ccc([C@H](O)c2cccc(F)c2)cc1. The van der Waals surface area contributed by atoms with E-state index < -0.39 is 6.10 Å². The summed E-state index contributed by atoms with van der Waals surface area (Å²) in [6.45, 7) is 2.52. The number of hydrogen-bond acceptors (Lipinski definition) is 2. The van der Waals surface area contributed by atoms with Gasteiger partial charge in [0.25, 0.3) is 0 Å². The molecule has 0 heterocycles. The largest absolute Gasteiger partial charge is 0.494 e. The topological polar surface area (TPSA) is 29.5 Å². The van der Waals surface area contributed by atoms with E-state index in [9.17, 15) is 9.50 Å². The monoisotopic (exact) mass is 246 g/mol. The van der Waals surface area contributed by atoms with Crippen LogP contribution >= 0.6 is 0 Å². The highest BCUT2D eigenvalue weighted by atomic mass is 19.1. The Morgan fingerprint density at radius 1 is 1.11 bits per heavy atom. The third-order valence-corrected chi connectivity index (χ3v) is 2.67. The highest BCUT2D eigenvalue weighted by molar-refractivity contribution is 5.34. The van der Waals surface area contributed by atoms with E-state index in [1.54, 1.807) is 36.4 Å². The Morgan fingerprint density at radius 2 is 1.83 bits per heavy atom. The van der Waals surface area contributed by atoms with Crippen molar-refractivity contribution in [2.24, 2.45) is 0 Å². The van der Waals surface area contributed by atoms with Crippen LogP contribution in [-0.2, 0) is 0 Å². The van der Waals surface area contributed by atoms with Crippen molar-refractivity contribution in [1.29, 1.82) is 0 Å². The van der Waals surface area contributed by atoms with Crippen molar-refractivity contribution in [1.82, 2.24) is 0 Å². The third kappa shape index (κ3) is 2.87. The number of aliphatic hydroxyl groups excluding tert-OH is 1. The Hall–Kier alpha value is -1.87. The second-order valence-corrected chi connectivity index (χ2v) is 3.96. The van der Waals surface area contributed by atoms with E-state index in [0.717, 1.165) is 5.75 Å². The molecule has 0 unspecified atom stereocenters. The Kier molecular flexibility index (Phi) is 3.95. The van der Waals surface area contributed by atoms with Crippen LogP contribution in [0.15, 0.2) is 48.5 Å². The van der Waals surface area contributed by atoms with Gasteiger partial charge in [0.05, 0.1) is 6.61 Å². The van der Waals surface area contributed by atoms with Crippen LogP contribution < -0.4 is 4.74 Å². The number of hydrogen-bond donors (Lipinski definition) is 1. The van der Waals surface area contributed by atoms with Gasteiger partial charge in [0.15, 0.2) is 0 Å². The maximum Gasteiger partial charge on any atom is 0.123 e. The molecule has 18 heavy (non-hydrogen) atoms. The molecule has 0 spiro atoms. The lowest BCUT2D eigenvalue weighted by Crippen LogP contribution is -2.00. The second kappa shape index (κ2) is 5.65. The fourth-order valence-electron chi connectivity index (χ4n) is 1.78. The molecule has 0 aliphatic carbocycles. The maximum absolute atomic E-state index is 13.1. The molecule has 0 aliphatic heterocycles. The van der Waals surface area contributed by atoms with Gasteiger partial charge in [-0.1, -0.05) is 24.3 Å². The first-order valence-electron chi connectivity index (χ1n) is 5.87. The summed E-state index contributed by atoms with van der Waals surface area (Å²) in [6.07, 6.45) is -0.823. The number of rotatable bonds is 4. The molecule has 0 amide bonds. The zero-order valence-corrected chi connectivity index (χ0v) is 10.1. The normalized spacial score (nSPS) is 12.2. The van der Waals surface area contributed by atoms with Gasteiger partial charge < -0.3 is 9.84 Å². The van der Waals surface area contributed by atoms with E-state index in [1.807, 2.05) is 6.92 Å². The van der Waals surface area contributed by atoms with Crippen molar-refractivity contribution in [3.8, 4) is 5.75 Å². The van der Waals surface area contributed by atoms with Crippen LogP contribution in [0.1, 0.15) is 24.2 Å². The van der Waals surface area contributed by atoms with E-state index in [-0.39, 0.29) is 5.82 Å². The van der Waals surface area contributed by atoms with Gasteiger partial charge in [-0.3, -0.25) is 0 Å². The van der Waals surface area contributed by atoms with Crippen LogP contribution in [0.5, 0.6) is 5.75 Å². The van der Waals surface area contributed by atoms with Crippen LogP contribution in [0.25, 0.3) is 0 Å². The molecule has 0 aromatic heterocycles. The van der Waals surface area contributed by atoms with Crippen LogP contribution in [-0.4, -0.2) is 11.7 Å². The number of ether oxygens (including phenoxy) is 1. The average molecular weight is 246 g/mol. The first-order chi connectivity index (χ1) is 8.70. The molecule has 0 saturated heterocycles. The summed E-state index contributed by atoms with van der Waals surface area (Å²) >= 11 is 0.